The predicted octanol–water partition coefficient (Wildman–Crippen LogP) is 1.73. The molecule has 2 aliphatic rings. The third kappa shape index (κ3) is 4.29. The Hall–Kier alpha value is -0.890. The number of fused-ring (bicyclic) bond motifs is 1. The summed E-state index contributed by atoms with van der Waals surface area (Å²) in [5, 5.41) is 0. The van der Waals surface area contributed by atoms with Gasteiger partial charge in [-0.05, 0) is 37.3 Å². The van der Waals surface area contributed by atoms with Crippen molar-refractivity contribution in [1.29, 1.82) is 0 Å². The van der Waals surface area contributed by atoms with E-state index in [0.717, 1.165) is 38.4 Å². The van der Waals surface area contributed by atoms with Crippen LogP contribution in [0.15, 0.2) is 17.1 Å². The van der Waals surface area contributed by atoms with E-state index in [1.807, 2.05) is 0 Å². The number of aromatic nitrogens is 1. The number of pyridine rings is 1. The average Bonchev–Trinajstić information content (AvgIpc) is 2.53. The number of hydrogen-bond acceptors (Lipinski definition) is 3. The predicted molar refractivity (Wildman–Crippen MR) is 94.0 cm³/mol. The fraction of sp³-hybridized carbons (Fsp3) is 0.600. The highest BCUT2D eigenvalue weighted by Crippen LogP contribution is 2.19. The summed E-state index contributed by atoms with van der Waals surface area (Å²) in [5.74, 6) is 0.604. The largest absolute Gasteiger partial charge is 0.378 e. The van der Waals surface area contributed by atoms with E-state index < -0.39 is 0 Å². The van der Waals surface area contributed by atoms with Gasteiger partial charge in [0.05, 0.1) is 25.5 Å². The van der Waals surface area contributed by atoms with Crippen molar-refractivity contribution in [1.82, 2.24) is 9.88 Å². The number of aryl methyl sites for hydroxylation is 2. The minimum atomic E-state index is 0. The van der Waals surface area contributed by atoms with Gasteiger partial charge in [-0.1, -0.05) is 6.07 Å². The van der Waals surface area contributed by atoms with Crippen molar-refractivity contribution in [2.24, 2.45) is 10.7 Å². The number of halogens is 1. The molecule has 0 amide bonds. The molecule has 0 bridgehead atoms. The lowest BCUT2D eigenvalue weighted by Crippen LogP contribution is -2.44. The maximum atomic E-state index is 6.03. The second-order valence-corrected chi connectivity index (χ2v) is 5.39. The summed E-state index contributed by atoms with van der Waals surface area (Å²) in [7, 11) is 0. The van der Waals surface area contributed by atoms with E-state index in [1.165, 1.54) is 30.5 Å². The topological polar surface area (TPSA) is 63.7 Å². The smallest absolute Gasteiger partial charge is 0.191 e. The quantitative estimate of drug-likeness (QED) is 0.465. The van der Waals surface area contributed by atoms with Gasteiger partial charge in [0.25, 0.3) is 0 Å². The lowest BCUT2D eigenvalue weighted by molar-refractivity contribution is 0.0674. The molecule has 3 rings (SSSR count). The SMILES string of the molecule is I.NC(=NCc1ccc2c(n1)CCCC2)N1CCOCC1. The molecule has 6 heteroatoms. The molecule has 2 N–H and O–H groups in total. The van der Waals surface area contributed by atoms with Crippen LogP contribution in [0.4, 0.5) is 0 Å². The first kappa shape index (κ1) is 16.5. The summed E-state index contributed by atoms with van der Waals surface area (Å²) in [6.45, 7) is 3.68. The zero-order chi connectivity index (χ0) is 13.8. The van der Waals surface area contributed by atoms with E-state index in [1.54, 1.807) is 0 Å². The molecular formula is C15H23IN4O. The molecule has 0 atom stereocenters. The number of morpholine rings is 1. The molecule has 0 unspecified atom stereocenters. The summed E-state index contributed by atoms with van der Waals surface area (Å²) in [5.41, 5.74) is 9.71. The number of aliphatic imine (C=N–C) groups is 1. The minimum Gasteiger partial charge on any atom is -0.378 e. The van der Waals surface area contributed by atoms with Gasteiger partial charge in [0, 0.05) is 18.8 Å². The van der Waals surface area contributed by atoms with E-state index in [-0.39, 0.29) is 24.0 Å². The summed E-state index contributed by atoms with van der Waals surface area (Å²) in [6, 6.07) is 4.29. The number of hydrogen-bond donors (Lipinski definition) is 1. The van der Waals surface area contributed by atoms with Crippen LogP contribution in [-0.2, 0) is 24.1 Å². The summed E-state index contributed by atoms with van der Waals surface area (Å²) in [4.78, 5) is 11.3. The van der Waals surface area contributed by atoms with Gasteiger partial charge in [0.1, 0.15) is 0 Å². The first-order valence-corrected chi connectivity index (χ1v) is 7.43. The normalized spacial score (nSPS) is 18.9. The van der Waals surface area contributed by atoms with Gasteiger partial charge in [0.15, 0.2) is 5.96 Å². The fourth-order valence-electron chi connectivity index (χ4n) is 2.77. The number of guanidine groups is 1. The molecule has 0 radical (unpaired) electrons. The third-order valence-electron chi connectivity index (χ3n) is 3.97. The fourth-order valence-corrected chi connectivity index (χ4v) is 2.77. The highest BCUT2D eigenvalue weighted by molar-refractivity contribution is 14.0. The lowest BCUT2D eigenvalue weighted by atomic mass is 9.96. The average molecular weight is 402 g/mol. The van der Waals surface area contributed by atoms with Crippen LogP contribution in [0, 0.1) is 0 Å². The van der Waals surface area contributed by atoms with Gasteiger partial charge in [-0.25, -0.2) is 4.99 Å². The van der Waals surface area contributed by atoms with Crippen molar-refractivity contribution >= 4 is 29.9 Å². The Labute approximate surface area is 143 Å². The van der Waals surface area contributed by atoms with Crippen LogP contribution < -0.4 is 5.73 Å². The summed E-state index contributed by atoms with van der Waals surface area (Å²) in [6.07, 6.45) is 4.81. The Morgan fingerprint density at radius 3 is 2.81 bits per heavy atom. The molecule has 1 aliphatic carbocycles. The van der Waals surface area contributed by atoms with E-state index in [0.29, 0.717) is 12.5 Å². The van der Waals surface area contributed by atoms with Crippen LogP contribution >= 0.6 is 24.0 Å². The van der Waals surface area contributed by atoms with Crippen LogP contribution in [0.25, 0.3) is 0 Å². The van der Waals surface area contributed by atoms with Crippen LogP contribution in [0.2, 0.25) is 0 Å². The van der Waals surface area contributed by atoms with Crippen molar-refractivity contribution in [3.8, 4) is 0 Å². The molecule has 1 aromatic rings. The van der Waals surface area contributed by atoms with Gasteiger partial charge in [0.2, 0.25) is 0 Å². The highest BCUT2D eigenvalue weighted by atomic mass is 127. The first-order valence-electron chi connectivity index (χ1n) is 7.43. The van der Waals surface area contributed by atoms with Crippen molar-refractivity contribution in [3.63, 3.8) is 0 Å². The van der Waals surface area contributed by atoms with Gasteiger partial charge < -0.3 is 15.4 Å². The van der Waals surface area contributed by atoms with Crippen molar-refractivity contribution in [2.45, 2.75) is 32.2 Å². The maximum absolute atomic E-state index is 6.03. The molecule has 2 heterocycles. The van der Waals surface area contributed by atoms with Gasteiger partial charge in [-0.15, -0.1) is 24.0 Å². The van der Waals surface area contributed by atoms with Crippen molar-refractivity contribution < 1.29 is 4.74 Å². The van der Waals surface area contributed by atoms with Crippen LogP contribution in [-0.4, -0.2) is 42.1 Å². The number of rotatable bonds is 2. The molecule has 116 valence electrons. The molecule has 5 nitrogen and oxygen atoms in total. The summed E-state index contributed by atoms with van der Waals surface area (Å²) >= 11 is 0. The Bertz CT molecular complexity index is 500. The van der Waals surface area contributed by atoms with Gasteiger partial charge in [-0.2, -0.15) is 0 Å². The molecule has 0 aromatic carbocycles. The maximum Gasteiger partial charge on any atom is 0.191 e. The van der Waals surface area contributed by atoms with Gasteiger partial charge in [-0.3, -0.25) is 4.98 Å². The second kappa shape index (κ2) is 7.93. The zero-order valence-corrected chi connectivity index (χ0v) is 14.6. The van der Waals surface area contributed by atoms with Crippen LogP contribution in [0.3, 0.4) is 0 Å². The van der Waals surface area contributed by atoms with E-state index in [2.05, 4.69) is 22.0 Å². The minimum absolute atomic E-state index is 0. The molecule has 1 aromatic heterocycles. The Balaban J connectivity index is 0.00000161. The van der Waals surface area contributed by atoms with E-state index >= 15 is 0 Å². The molecule has 21 heavy (non-hydrogen) atoms. The molecule has 1 saturated heterocycles. The third-order valence-corrected chi connectivity index (χ3v) is 3.97. The Morgan fingerprint density at radius 2 is 2.00 bits per heavy atom. The molecule has 1 aliphatic heterocycles. The van der Waals surface area contributed by atoms with Crippen LogP contribution in [0.5, 0.6) is 0 Å². The van der Waals surface area contributed by atoms with E-state index in [4.69, 9.17) is 15.5 Å². The molecule has 1 fully saturated rings. The monoisotopic (exact) mass is 402 g/mol. The van der Waals surface area contributed by atoms with Gasteiger partial charge >= 0.3 is 0 Å². The Morgan fingerprint density at radius 1 is 1.24 bits per heavy atom. The number of nitrogens with two attached hydrogens (primary N) is 1. The summed E-state index contributed by atoms with van der Waals surface area (Å²) < 4.78 is 5.31. The second-order valence-electron chi connectivity index (χ2n) is 5.39. The number of ether oxygens (including phenoxy) is 1. The molecular weight excluding hydrogens is 379 g/mol. The number of nitrogens with zero attached hydrogens (tertiary/aromatic N) is 3. The standard InChI is InChI=1S/C15H22N4O.HI/c16-15(19-7-9-20-10-8-19)17-11-13-6-5-12-3-1-2-4-14(12)18-13;/h5-6H,1-4,7-11H2,(H2,16,17);1H. The Kier molecular flexibility index (Phi) is 6.22. The van der Waals surface area contributed by atoms with E-state index in [9.17, 15) is 0 Å². The van der Waals surface area contributed by atoms with Crippen LogP contribution in [0.1, 0.15) is 29.8 Å². The zero-order valence-electron chi connectivity index (χ0n) is 12.3. The molecule has 0 spiro atoms. The van der Waals surface area contributed by atoms with Crippen molar-refractivity contribution in [3.05, 3.63) is 29.1 Å². The molecule has 0 saturated carbocycles. The highest BCUT2D eigenvalue weighted by Gasteiger charge is 2.13. The lowest BCUT2D eigenvalue weighted by Gasteiger charge is -2.27. The first-order chi connectivity index (χ1) is 9.83. The van der Waals surface area contributed by atoms with Crippen molar-refractivity contribution in [2.75, 3.05) is 26.3 Å².